The molecule has 0 unspecified atom stereocenters. The Balaban J connectivity index is 3.22. The number of carbonyl (C=O) groups is 1. The predicted molar refractivity (Wildman–Crippen MR) is 51.7 cm³/mol. The maximum atomic E-state index is 12.7. The number of carbonyl (C=O) groups excluding carboxylic acids is 1. The molecule has 0 bridgehead atoms. The molecule has 0 saturated heterocycles. The molecule has 0 aliphatic heterocycles. The molecule has 1 aromatic rings. The molecule has 0 radical (unpaired) electrons. The molecule has 1 heterocycles. The SMILES string of the molecule is CCOC(=O)c1ccnc(OC)c1C(F)F. The molecule has 0 N–H and O–H groups in total. The lowest BCUT2D eigenvalue weighted by atomic mass is 10.1. The molecule has 4 nitrogen and oxygen atoms in total. The van der Waals surface area contributed by atoms with Gasteiger partial charge < -0.3 is 9.47 Å². The summed E-state index contributed by atoms with van der Waals surface area (Å²) in [5, 5.41) is 0. The number of nitrogens with zero attached hydrogens (tertiary/aromatic N) is 1. The van der Waals surface area contributed by atoms with Gasteiger partial charge in [-0.2, -0.15) is 0 Å². The number of esters is 1. The molecule has 0 spiro atoms. The number of hydrogen-bond donors (Lipinski definition) is 0. The van der Waals surface area contributed by atoms with E-state index in [2.05, 4.69) is 14.5 Å². The number of methoxy groups -OCH3 is 1. The first-order valence-corrected chi connectivity index (χ1v) is 4.60. The van der Waals surface area contributed by atoms with Gasteiger partial charge in [-0.25, -0.2) is 18.6 Å². The average Bonchev–Trinajstić information content (AvgIpc) is 2.28. The van der Waals surface area contributed by atoms with Crippen LogP contribution in [0.1, 0.15) is 29.3 Å². The Kier molecular flexibility index (Phi) is 4.16. The quantitative estimate of drug-likeness (QED) is 0.745. The van der Waals surface area contributed by atoms with Crippen LogP contribution in [0.5, 0.6) is 5.88 Å². The lowest BCUT2D eigenvalue weighted by molar-refractivity contribution is 0.0513. The number of aromatic nitrogens is 1. The Morgan fingerprint density at radius 3 is 2.75 bits per heavy atom. The summed E-state index contributed by atoms with van der Waals surface area (Å²) in [4.78, 5) is 15.0. The Hall–Kier alpha value is -1.72. The summed E-state index contributed by atoms with van der Waals surface area (Å²) >= 11 is 0. The van der Waals surface area contributed by atoms with E-state index in [1.165, 1.54) is 19.4 Å². The molecule has 16 heavy (non-hydrogen) atoms. The van der Waals surface area contributed by atoms with Crippen LogP contribution in [0, 0.1) is 0 Å². The standard InChI is InChI=1S/C10H11F2NO3/c1-3-16-10(14)6-4-5-13-9(15-2)7(6)8(11)12/h4-5,8H,3H2,1-2H3. The summed E-state index contributed by atoms with van der Waals surface area (Å²) in [7, 11) is 1.21. The van der Waals surface area contributed by atoms with Gasteiger partial charge in [-0.15, -0.1) is 0 Å². The van der Waals surface area contributed by atoms with Crippen molar-refractivity contribution in [1.29, 1.82) is 0 Å². The van der Waals surface area contributed by atoms with Gasteiger partial charge >= 0.3 is 5.97 Å². The van der Waals surface area contributed by atoms with Crippen molar-refractivity contribution in [3.05, 3.63) is 23.4 Å². The number of rotatable bonds is 4. The Morgan fingerprint density at radius 1 is 1.56 bits per heavy atom. The summed E-state index contributed by atoms with van der Waals surface area (Å²) in [6.07, 6.45) is -1.63. The molecule has 6 heteroatoms. The zero-order valence-electron chi connectivity index (χ0n) is 8.87. The van der Waals surface area contributed by atoms with Gasteiger partial charge in [0.05, 0.1) is 24.8 Å². The van der Waals surface area contributed by atoms with Crippen LogP contribution in [-0.2, 0) is 4.74 Å². The van der Waals surface area contributed by atoms with Crippen LogP contribution in [0.3, 0.4) is 0 Å². The minimum Gasteiger partial charge on any atom is -0.481 e. The van der Waals surface area contributed by atoms with E-state index >= 15 is 0 Å². The van der Waals surface area contributed by atoms with E-state index in [4.69, 9.17) is 0 Å². The lowest BCUT2D eigenvalue weighted by Gasteiger charge is -2.10. The van der Waals surface area contributed by atoms with Crippen LogP contribution in [0.15, 0.2) is 12.3 Å². The number of ether oxygens (including phenoxy) is 2. The van der Waals surface area contributed by atoms with Crippen LogP contribution in [0.2, 0.25) is 0 Å². The fraction of sp³-hybridized carbons (Fsp3) is 0.400. The predicted octanol–water partition coefficient (Wildman–Crippen LogP) is 2.20. The zero-order chi connectivity index (χ0) is 12.1. The summed E-state index contributed by atoms with van der Waals surface area (Å²) in [6.45, 7) is 1.71. The van der Waals surface area contributed by atoms with Crippen LogP contribution >= 0.6 is 0 Å². The number of pyridine rings is 1. The van der Waals surface area contributed by atoms with E-state index in [1.54, 1.807) is 6.92 Å². The smallest absolute Gasteiger partial charge is 0.338 e. The van der Waals surface area contributed by atoms with E-state index in [0.717, 1.165) is 0 Å². The third-order valence-electron chi connectivity index (χ3n) is 1.86. The van der Waals surface area contributed by atoms with E-state index in [-0.39, 0.29) is 18.1 Å². The second kappa shape index (κ2) is 5.39. The van der Waals surface area contributed by atoms with Crippen molar-refractivity contribution in [2.45, 2.75) is 13.3 Å². The normalized spacial score (nSPS) is 10.3. The Labute approximate surface area is 91.2 Å². The Bertz CT molecular complexity index is 382. The first-order valence-electron chi connectivity index (χ1n) is 4.60. The van der Waals surface area contributed by atoms with Crippen LogP contribution in [0.25, 0.3) is 0 Å². The highest BCUT2D eigenvalue weighted by Gasteiger charge is 2.24. The van der Waals surface area contributed by atoms with Crippen molar-refractivity contribution in [2.24, 2.45) is 0 Å². The molecule has 0 amide bonds. The summed E-state index contributed by atoms with van der Waals surface area (Å²) in [5.74, 6) is -1.07. The maximum absolute atomic E-state index is 12.7. The topological polar surface area (TPSA) is 48.4 Å². The van der Waals surface area contributed by atoms with Gasteiger partial charge in [-0.1, -0.05) is 0 Å². The molecule has 0 fully saturated rings. The molecular weight excluding hydrogens is 220 g/mol. The van der Waals surface area contributed by atoms with Crippen LogP contribution < -0.4 is 4.74 Å². The van der Waals surface area contributed by atoms with Crippen LogP contribution in [0.4, 0.5) is 8.78 Å². The minimum absolute atomic E-state index is 0.117. The van der Waals surface area contributed by atoms with Gasteiger partial charge in [0.1, 0.15) is 0 Å². The lowest BCUT2D eigenvalue weighted by Crippen LogP contribution is -2.10. The van der Waals surface area contributed by atoms with Crippen molar-refractivity contribution in [2.75, 3.05) is 13.7 Å². The van der Waals surface area contributed by atoms with Crippen molar-refractivity contribution >= 4 is 5.97 Å². The fourth-order valence-electron chi connectivity index (χ4n) is 1.21. The maximum Gasteiger partial charge on any atom is 0.338 e. The largest absolute Gasteiger partial charge is 0.481 e. The van der Waals surface area contributed by atoms with Gasteiger partial charge in [0.2, 0.25) is 5.88 Å². The van der Waals surface area contributed by atoms with Crippen molar-refractivity contribution in [3.63, 3.8) is 0 Å². The van der Waals surface area contributed by atoms with Crippen molar-refractivity contribution < 1.29 is 23.0 Å². The second-order valence-electron chi connectivity index (χ2n) is 2.80. The summed E-state index contributed by atoms with van der Waals surface area (Å²) in [6, 6.07) is 1.18. The zero-order valence-corrected chi connectivity index (χ0v) is 8.87. The highest BCUT2D eigenvalue weighted by molar-refractivity contribution is 5.91. The van der Waals surface area contributed by atoms with Gasteiger partial charge in [0.15, 0.2) is 0 Å². The highest BCUT2D eigenvalue weighted by Crippen LogP contribution is 2.30. The van der Waals surface area contributed by atoms with E-state index in [1.807, 2.05) is 0 Å². The monoisotopic (exact) mass is 231 g/mol. The van der Waals surface area contributed by atoms with Gasteiger partial charge in [0, 0.05) is 6.20 Å². The highest BCUT2D eigenvalue weighted by atomic mass is 19.3. The van der Waals surface area contributed by atoms with Crippen molar-refractivity contribution in [3.8, 4) is 5.88 Å². The Morgan fingerprint density at radius 2 is 2.25 bits per heavy atom. The van der Waals surface area contributed by atoms with Gasteiger partial charge in [-0.3, -0.25) is 0 Å². The third kappa shape index (κ3) is 2.44. The van der Waals surface area contributed by atoms with Crippen LogP contribution in [-0.4, -0.2) is 24.7 Å². The van der Waals surface area contributed by atoms with Crippen molar-refractivity contribution in [1.82, 2.24) is 4.98 Å². The number of alkyl halides is 2. The van der Waals surface area contributed by atoms with E-state index < -0.39 is 18.0 Å². The average molecular weight is 231 g/mol. The van der Waals surface area contributed by atoms with E-state index in [9.17, 15) is 13.6 Å². The molecule has 0 saturated carbocycles. The second-order valence-corrected chi connectivity index (χ2v) is 2.80. The minimum atomic E-state index is -2.84. The molecule has 1 rings (SSSR count). The molecular formula is C10H11F2NO3. The van der Waals surface area contributed by atoms with Gasteiger partial charge in [-0.05, 0) is 13.0 Å². The summed E-state index contributed by atoms with van der Waals surface area (Å²) in [5.41, 5.74) is -0.757. The summed E-state index contributed by atoms with van der Waals surface area (Å²) < 4.78 is 34.8. The molecule has 0 aromatic carbocycles. The fourth-order valence-corrected chi connectivity index (χ4v) is 1.21. The number of hydrogen-bond acceptors (Lipinski definition) is 4. The third-order valence-corrected chi connectivity index (χ3v) is 1.86. The molecule has 1 aromatic heterocycles. The first-order chi connectivity index (χ1) is 7.61. The first kappa shape index (κ1) is 12.4. The molecule has 0 aliphatic rings. The van der Waals surface area contributed by atoms with E-state index in [0.29, 0.717) is 0 Å². The van der Waals surface area contributed by atoms with Gasteiger partial charge in [0.25, 0.3) is 6.43 Å². The molecule has 0 atom stereocenters. The number of halogens is 2. The molecule has 88 valence electrons. The molecule has 0 aliphatic carbocycles.